The lowest BCUT2D eigenvalue weighted by Crippen LogP contribution is -2.18. The van der Waals surface area contributed by atoms with E-state index in [-0.39, 0.29) is 16.6 Å². The Morgan fingerprint density at radius 1 is 0.758 bits per heavy atom. The van der Waals surface area contributed by atoms with Gasteiger partial charge in [-0.25, -0.2) is 0 Å². The smallest absolute Gasteiger partial charge is 0.265 e. The summed E-state index contributed by atoms with van der Waals surface area (Å²) in [5, 5.41) is 0.00925. The molecule has 0 heterocycles. The van der Waals surface area contributed by atoms with Crippen LogP contribution in [0.4, 0.5) is 0 Å². The van der Waals surface area contributed by atoms with Crippen LogP contribution in [0.15, 0.2) is 12.1 Å². The van der Waals surface area contributed by atoms with Crippen LogP contribution in [0.1, 0.15) is 141 Å². The summed E-state index contributed by atoms with van der Waals surface area (Å²) in [7, 11) is -4.06. The van der Waals surface area contributed by atoms with E-state index in [4.69, 9.17) is 4.55 Å². The van der Waals surface area contributed by atoms with E-state index in [1.807, 2.05) is 0 Å². The molecule has 3 aliphatic carbocycles. The van der Waals surface area contributed by atoms with Crippen LogP contribution in [0.2, 0.25) is 0 Å². The average Bonchev–Trinajstić information content (AvgIpc) is 2.84. The lowest BCUT2D eigenvalue weighted by molar-refractivity contribution is 0.108. The van der Waals surface area contributed by atoms with Crippen LogP contribution in [0.5, 0.6) is 0 Å². The summed E-state index contributed by atoms with van der Waals surface area (Å²) < 4.78 is 31.6. The fourth-order valence-electron chi connectivity index (χ4n) is 6.40. The van der Waals surface area contributed by atoms with Crippen LogP contribution in [0.3, 0.4) is 0 Å². The Morgan fingerprint density at radius 2 is 1.18 bits per heavy atom. The summed E-state index contributed by atoms with van der Waals surface area (Å²) in [6.45, 7) is 0. The zero-order chi connectivity index (χ0) is 23.3. The Bertz CT molecular complexity index is 867. The molecule has 1 aromatic carbocycles. The van der Waals surface area contributed by atoms with Gasteiger partial charge in [0, 0.05) is 11.3 Å². The summed E-state index contributed by atoms with van der Waals surface area (Å²) in [5.74, 6) is 1.22. The topological polar surface area (TPSA) is 71.4 Å². The van der Waals surface area contributed by atoms with Crippen molar-refractivity contribution in [2.24, 2.45) is 0 Å². The van der Waals surface area contributed by atoms with Gasteiger partial charge in [0.15, 0.2) is 0 Å². The molecule has 4 rings (SSSR count). The second-order valence-electron chi connectivity index (χ2n) is 10.5. The third kappa shape index (κ3) is 6.85. The van der Waals surface area contributed by atoms with E-state index in [2.05, 4.69) is 12.1 Å². The number of rotatable bonds is 7. The second kappa shape index (κ2) is 11.7. The van der Waals surface area contributed by atoms with Crippen molar-refractivity contribution in [3.8, 4) is 0 Å². The molecular formula is C27H40O4S2. The molecule has 33 heavy (non-hydrogen) atoms. The average molecular weight is 493 g/mol. The lowest BCUT2D eigenvalue weighted by atomic mass is 9.73. The first-order valence-electron chi connectivity index (χ1n) is 13.2. The Balaban J connectivity index is 1.74. The van der Waals surface area contributed by atoms with Crippen molar-refractivity contribution in [1.82, 2.24) is 0 Å². The number of carbonyl (C=O) groups excluding carboxylic acids is 1. The van der Waals surface area contributed by atoms with Crippen molar-refractivity contribution in [2.75, 3.05) is 11.5 Å². The van der Waals surface area contributed by atoms with Crippen molar-refractivity contribution in [1.29, 1.82) is 0 Å². The monoisotopic (exact) mass is 492 g/mol. The highest BCUT2D eigenvalue weighted by Gasteiger charge is 2.30. The van der Waals surface area contributed by atoms with E-state index >= 15 is 0 Å². The van der Waals surface area contributed by atoms with Gasteiger partial charge in [-0.3, -0.25) is 9.35 Å². The molecule has 0 atom stereocenters. The molecule has 3 aliphatic rings. The molecule has 0 spiro atoms. The number of carbonyl (C=O) groups is 1. The molecule has 0 saturated heterocycles. The first kappa shape index (κ1) is 25.2. The highest BCUT2D eigenvalue weighted by molar-refractivity contribution is 8.14. The fourth-order valence-corrected chi connectivity index (χ4v) is 8.14. The molecule has 1 aromatic rings. The first-order valence-corrected chi connectivity index (χ1v) is 15.8. The molecule has 0 radical (unpaired) electrons. The standard InChI is InChI=1S/C27H40O4S2/c28-27(32-16-17-33(29,30)31)26-24(21-12-6-2-7-13-21)18-23(20-10-4-1-5-11-20)19-25(26)22-14-8-3-9-15-22/h18-22H,1-17H2,(H,29,30,31). The van der Waals surface area contributed by atoms with Crippen LogP contribution < -0.4 is 0 Å². The molecule has 1 N–H and O–H groups in total. The van der Waals surface area contributed by atoms with E-state index in [0.717, 1.165) is 43.0 Å². The Kier molecular flexibility index (Phi) is 8.97. The predicted molar refractivity (Wildman–Crippen MR) is 137 cm³/mol. The van der Waals surface area contributed by atoms with Gasteiger partial charge in [-0.1, -0.05) is 81.7 Å². The lowest BCUT2D eigenvalue weighted by Gasteiger charge is -2.32. The van der Waals surface area contributed by atoms with Crippen LogP contribution in [-0.2, 0) is 10.1 Å². The zero-order valence-electron chi connectivity index (χ0n) is 19.9. The highest BCUT2D eigenvalue weighted by atomic mass is 32.2. The molecular weight excluding hydrogens is 452 g/mol. The Hall–Kier alpha value is -0.850. The van der Waals surface area contributed by atoms with E-state index in [0.29, 0.717) is 17.8 Å². The molecule has 3 fully saturated rings. The van der Waals surface area contributed by atoms with E-state index in [9.17, 15) is 13.2 Å². The molecule has 0 amide bonds. The van der Waals surface area contributed by atoms with E-state index < -0.39 is 10.1 Å². The van der Waals surface area contributed by atoms with Crippen LogP contribution in [-0.4, -0.2) is 29.6 Å². The maximum absolute atomic E-state index is 13.6. The van der Waals surface area contributed by atoms with Gasteiger partial charge >= 0.3 is 0 Å². The van der Waals surface area contributed by atoms with Gasteiger partial charge in [0.25, 0.3) is 10.1 Å². The molecule has 184 valence electrons. The maximum atomic E-state index is 13.6. The van der Waals surface area contributed by atoms with Crippen molar-refractivity contribution >= 4 is 27.0 Å². The number of hydrogen-bond donors (Lipinski definition) is 1. The van der Waals surface area contributed by atoms with Gasteiger partial charge < -0.3 is 0 Å². The molecule has 0 bridgehead atoms. The second-order valence-corrected chi connectivity index (χ2v) is 13.1. The quantitative estimate of drug-likeness (QED) is 0.397. The fraction of sp³-hybridized carbons (Fsp3) is 0.741. The van der Waals surface area contributed by atoms with Gasteiger partial charge in [0.05, 0.1) is 5.75 Å². The molecule has 4 nitrogen and oxygen atoms in total. The summed E-state index contributed by atoms with van der Waals surface area (Å²) >= 11 is 1.08. The van der Waals surface area contributed by atoms with Gasteiger partial charge in [0.2, 0.25) is 5.12 Å². The molecule has 0 aliphatic heterocycles. The van der Waals surface area contributed by atoms with Gasteiger partial charge in [0.1, 0.15) is 0 Å². The minimum Gasteiger partial charge on any atom is -0.286 e. The van der Waals surface area contributed by atoms with Gasteiger partial charge in [-0.15, -0.1) is 0 Å². The largest absolute Gasteiger partial charge is 0.286 e. The van der Waals surface area contributed by atoms with Crippen LogP contribution in [0, 0.1) is 0 Å². The van der Waals surface area contributed by atoms with Gasteiger partial charge in [-0.05, 0) is 73.0 Å². The molecule has 6 heteroatoms. The van der Waals surface area contributed by atoms with Crippen LogP contribution >= 0.6 is 11.8 Å². The summed E-state index contributed by atoms with van der Waals surface area (Å²) in [6.07, 6.45) is 18.5. The highest BCUT2D eigenvalue weighted by Crippen LogP contribution is 2.45. The summed E-state index contributed by atoms with van der Waals surface area (Å²) in [5.41, 5.74) is 4.86. The van der Waals surface area contributed by atoms with E-state index in [1.54, 1.807) is 0 Å². The zero-order valence-corrected chi connectivity index (χ0v) is 21.5. The van der Waals surface area contributed by atoms with Gasteiger partial charge in [-0.2, -0.15) is 8.42 Å². The van der Waals surface area contributed by atoms with Crippen molar-refractivity contribution in [2.45, 2.75) is 114 Å². The van der Waals surface area contributed by atoms with E-state index in [1.165, 1.54) is 87.3 Å². The Morgan fingerprint density at radius 3 is 1.61 bits per heavy atom. The number of hydrogen-bond acceptors (Lipinski definition) is 4. The van der Waals surface area contributed by atoms with Crippen molar-refractivity contribution in [3.63, 3.8) is 0 Å². The number of thioether (sulfide) groups is 1. The Labute approximate surface area is 204 Å². The third-order valence-corrected chi connectivity index (χ3v) is 10.0. The SMILES string of the molecule is O=C(SCCS(=O)(=O)O)c1c(C2CCCCC2)cc(C2CCCCC2)cc1C1CCCCC1. The van der Waals surface area contributed by atoms with Crippen molar-refractivity contribution in [3.05, 3.63) is 34.4 Å². The van der Waals surface area contributed by atoms with Crippen molar-refractivity contribution < 1.29 is 17.8 Å². The van der Waals surface area contributed by atoms with Crippen LogP contribution in [0.25, 0.3) is 0 Å². The first-order chi connectivity index (χ1) is 15.9. The normalized spacial score (nSPS) is 21.8. The summed E-state index contributed by atoms with van der Waals surface area (Å²) in [4.78, 5) is 13.6. The minimum absolute atomic E-state index is 0.00925. The molecule has 0 aromatic heterocycles. The molecule has 0 unspecified atom stereocenters. The summed E-state index contributed by atoms with van der Waals surface area (Å²) in [6, 6.07) is 4.77. The minimum atomic E-state index is -4.06. The number of benzene rings is 1. The maximum Gasteiger partial charge on any atom is 0.265 e. The third-order valence-electron chi connectivity index (χ3n) is 8.17. The predicted octanol–water partition coefficient (Wildman–Crippen LogP) is 7.59. The molecule has 3 saturated carbocycles.